The molecule has 1 N–H and O–H groups in total. The predicted octanol–water partition coefficient (Wildman–Crippen LogP) is 2.52. The molecule has 162 valence electrons. The van der Waals surface area contributed by atoms with Crippen molar-refractivity contribution in [1.82, 2.24) is 10.2 Å². The number of rotatable bonds is 8. The SMILES string of the molecule is CNC(=O)[C@@H](C)N(Cc1ccc(Br)cc1)C(=O)CN(c1cccc(F)c1)S(C)(=O)=O. The van der Waals surface area contributed by atoms with E-state index in [1.807, 2.05) is 0 Å². The van der Waals surface area contributed by atoms with Gasteiger partial charge in [0.15, 0.2) is 0 Å². The van der Waals surface area contributed by atoms with Gasteiger partial charge in [-0.3, -0.25) is 13.9 Å². The summed E-state index contributed by atoms with van der Waals surface area (Å²) < 4.78 is 39.9. The minimum Gasteiger partial charge on any atom is -0.357 e. The van der Waals surface area contributed by atoms with Crippen LogP contribution >= 0.6 is 15.9 Å². The Kier molecular flexibility index (Phi) is 7.96. The van der Waals surface area contributed by atoms with Crippen molar-refractivity contribution >= 4 is 43.5 Å². The van der Waals surface area contributed by atoms with Crippen molar-refractivity contribution in [2.45, 2.75) is 19.5 Å². The van der Waals surface area contributed by atoms with Gasteiger partial charge in [0, 0.05) is 18.1 Å². The van der Waals surface area contributed by atoms with Crippen LogP contribution in [0.5, 0.6) is 0 Å². The third-order valence-electron chi connectivity index (χ3n) is 4.46. The van der Waals surface area contributed by atoms with E-state index in [0.29, 0.717) is 0 Å². The lowest BCUT2D eigenvalue weighted by Gasteiger charge is -2.31. The summed E-state index contributed by atoms with van der Waals surface area (Å²) in [5.74, 6) is -1.61. The average Bonchev–Trinajstić information content (AvgIpc) is 2.69. The van der Waals surface area contributed by atoms with E-state index in [1.165, 1.54) is 30.1 Å². The van der Waals surface area contributed by atoms with Gasteiger partial charge in [0.2, 0.25) is 21.8 Å². The lowest BCUT2D eigenvalue weighted by atomic mass is 10.1. The maximum atomic E-state index is 13.6. The van der Waals surface area contributed by atoms with Gasteiger partial charge in [0.25, 0.3) is 0 Å². The zero-order chi connectivity index (χ0) is 22.5. The molecule has 0 aliphatic rings. The van der Waals surface area contributed by atoms with Crippen LogP contribution in [-0.4, -0.2) is 51.0 Å². The van der Waals surface area contributed by atoms with Crippen LogP contribution in [0.3, 0.4) is 0 Å². The summed E-state index contributed by atoms with van der Waals surface area (Å²) in [5, 5.41) is 2.50. The van der Waals surface area contributed by atoms with E-state index >= 15 is 0 Å². The summed E-state index contributed by atoms with van der Waals surface area (Å²) in [5.41, 5.74) is 0.793. The van der Waals surface area contributed by atoms with Gasteiger partial charge in [-0.15, -0.1) is 0 Å². The summed E-state index contributed by atoms with van der Waals surface area (Å²) in [6.45, 7) is 1.09. The Labute approximate surface area is 184 Å². The maximum Gasteiger partial charge on any atom is 0.244 e. The summed E-state index contributed by atoms with van der Waals surface area (Å²) in [4.78, 5) is 26.6. The summed E-state index contributed by atoms with van der Waals surface area (Å²) in [7, 11) is -2.43. The van der Waals surface area contributed by atoms with Crippen LogP contribution < -0.4 is 9.62 Å². The molecule has 0 unspecified atom stereocenters. The minimum atomic E-state index is -3.88. The first-order chi connectivity index (χ1) is 14.0. The number of amides is 2. The quantitative estimate of drug-likeness (QED) is 0.604. The molecule has 0 fully saturated rings. The standard InChI is InChI=1S/C20H23BrFN3O4S/c1-14(20(27)23-2)24(12-15-7-9-16(21)10-8-15)19(26)13-25(30(3,28)29)18-6-4-5-17(22)11-18/h4-11,14H,12-13H2,1-3H3,(H,23,27)/t14-/m1/s1. The highest BCUT2D eigenvalue weighted by atomic mass is 79.9. The van der Waals surface area contributed by atoms with Gasteiger partial charge in [-0.25, -0.2) is 12.8 Å². The Bertz CT molecular complexity index is 1010. The van der Waals surface area contributed by atoms with E-state index in [0.717, 1.165) is 26.7 Å². The normalized spacial score (nSPS) is 12.2. The third kappa shape index (κ3) is 6.27. The molecule has 2 aromatic carbocycles. The molecule has 0 spiro atoms. The van der Waals surface area contributed by atoms with Crippen molar-refractivity contribution in [2.75, 3.05) is 24.2 Å². The van der Waals surface area contributed by atoms with Crippen molar-refractivity contribution < 1.29 is 22.4 Å². The van der Waals surface area contributed by atoms with Crippen molar-refractivity contribution in [3.8, 4) is 0 Å². The monoisotopic (exact) mass is 499 g/mol. The Hall–Kier alpha value is -2.46. The molecule has 0 saturated heterocycles. The second-order valence-electron chi connectivity index (χ2n) is 6.69. The second kappa shape index (κ2) is 10.0. The van der Waals surface area contributed by atoms with Gasteiger partial charge in [-0.2, -0.15) is 0 Å². The third-order valence-corrected chi connectivity index (χ3v) is 6.12. The predicted molar refractivity (Wildman–Crippen MR) is 117 cm³/mol. The van der Waals surface area contributed by atoms with Gasteiger partial charge in [0.05, 0.1) is 11.9 Å². The van der Waals surface area contributed by atoms with Crippen LogP contribution in [0, 0.1) is 5.82 Å². The molecule has 0 aromatic heterocycles. The van der Waals surface area contributed by atoms with Crippen molar-refractivity contribution in [3.05, 3.63) is 64.4 Å². The number of likely N-dealkylation sites (N-methyl/N-ethyl adjacent to an activating group) is 1. The molecule has 0 bridgehead atoms. The molecule has 0 radical (unpaired) electrons. The number of nitrogens with zero attached hydrogens (tertiary/aromatic N) is 2. The van der Waals surface area contributed by atoms with Crippen LogP contribution in [0.25, 0.3) is 0 Å². The molecule has 7 nitrogen and oxygen atoms in total. The van der Waals surface area contributed by atoms with E-state index in [2.05, 4.69) is 21.2 Å². The molecule has 1 atom stereocenters. The number of hydrogen-bond acceptors (Lipinski definition) is 4. The van der Waals surface area contributed by atoms with E-state index in [9.17, 15) is 22.4 Å². The summed E-state index contributed by atoms with van der Waals surface area (Å²) >= 11 is 3.34. The zero-order valence-corrected chi connectivity index (χ0v) is 19.2. The lowest BCUT2D eigenvalue weighted by Crippen LogP contribution is -2.50. The highest BCUT2D eigenvalue weighted by molar-refractivity contribution is 9.10. The molecule has 0 saturated carbocycles. The Morgan fingerprint density at radius 2 is 1.80 bits per heavy atom. The molecule has 0 aliphatic carbocycles. The lowest BCUT2D eigenvalue weighted by molar-refractivity contribution is -0.139. The molecule has 0 aliphatic heterocycles. The summed E-state index contributed by atoms with van der Waals surface area (Å²) in [6.07, 6.45) is 0.937. The number of hydrogen-bond donors (Lipinski definition) is 1. The molecule has 10 heteroatoms. The van der Waals surface area contributed by atoms with Crippen LogP contribution in [0.1, 0.15) is 12.5 Å². The second-order valence-corrected chi connectivity index (χ2v) is 9.51. The van der Waals surface area contributed by atoms with Gasteiger partial charge in [0.1, 0.15) is 18.4 Å². The number of anilines is 1. The van der Waals surface area contributed by atoms with Crippen LogP contribution in [-0.2, 0) is 26.2 Å². The zero-order valence-electron chi connectivity index (χ0n) is 16.8. The number of carbonyl (C=O) groups is 2. The Balaban J connectivity index is 2.36. The van der Waals surface area contributed by atoms with Crippen LogP contribution in [0.4, 0.5) is 10.1 Å². The molecule has 2 amide bonds. The highest BCUT2D eigenvalue weighted by Gasteiger charge is 2.29. The van der Waals surface area contributed by atoms with Gasteiger partial charge < -0.3 is 10.2 Å². The Morgan fingerprint density at radius 1 is 1.17 bits per heavy atom. The fourth-order valence-electron chi connectivity index (χ4n) is 2.82. The van der Waals surface area contributed by atoms with Gasteiger partial charge in [-0.1, -0.05) is 34.1 Å². The molecular weight excluding hydrogens is 477 g/mol. The molecule has 0 heterocycles. The highest BCUT2D eigenvalue weighted by Crippen LogP contribution is 2.20. The van der Waals surface area contributed by atoms with E-state index in [4.69, 9.17) is 0 Å². The van der Waals surface area contributed by atoms with E-state index < -0.39 is 40.2 Å². The number of benzene rings is 2. The first-order valence-corrected chi connectivity index (χ1v) is 11.7. The number of nitrogens with one attached hydrogen (secondary N) is 1. The van der Waals surface area contributed by atoms with Crippen LogP contribution in [0.15, 0.2) is 53.0 Å². The maximum absolute atomic E-state index is 13.6. The fourth-order valence-corrected chi connectivity index (χ4v) is 3.93. The van der Waals surface area contributed by atoms with Gasteiger partial charge >= 0.3 is 0 Å². The smallest absolute Gasteiger partial charge is 0.244 e. The van der Waals surface area contributed by atoms with E-state index in [1.54, 1.807) is 31.2 Å². The number of halogens is 2. The number of sulfonamides is 1. The van der Waals surface area contributed by atoms with Crippen molar-refractivity contribution in [2.24, 2.45) is 0 Å². The van der Waals surface area contributed by atoms with Crippen molar-refractivity contribution in [3.63, 3.8) is 0 Å². The summed E-state index contributed by atoms with van der Waals surface area (Å²) in [6, 6.07) is 11.3. The molecule has 2 rings (SSSR count). The van der Waals surface area contributed by atoms with Crippen LogP contribution in [0.2, 0.25) is 0 Å². The van der Waals surface area contributed by atoms with Gasteiger partial charge in [-0.05, 0) is 42.8 Å². The molecular formula is C20H23BrFN3O4S. The minimum absolute atomic E-state index is 0.0297. The topological polar surface area (TPSA) is 86.8 Å². The fraction of sp³-hybridized carbons (Fsp3) is 0.300. The first kappa shape index (κ1) is 23.8. The first-order valence-electron chi connectivity index (χ1n) is 9.01. The number of carbonyl (C=O) groups excluding carboxylic acids is 2. The average molecular weight is 500 g/mol. The van der Waals surface area contributed by atoms with E-state index in [-0.39, 0.29) is 12.2 Å². The molecule has 30 heavy (non-hydrogen) atoms. The Morgan fingerprint density at radius 3 is 2.33 bits per heavy atom. The van der Waals surface area contributed by atoms with Crippen molar-refractivity contribution in [1.29, 1.82) is 0 Å². The molecule has 2 aromatic rings. The largest absolute Gasteiger partial charge is 0.357 e.